The molecule has 0 saturated carbocycles. The average Bonchev–Trinajstić information content (AvgIpc) is 1.96. The minimum absolute atomic E-state index is 1.30. The molecule has 0 fully saturated rings. The van der Waals surface area contributed by atoms with Crippen LogP contribution in [-0.4, -0.2) is 30.4 Å². The van der Waals surface area contributed by atoms with Crippen molar-refractivity contribution in [2.24, 2.45) is 0 Å². The fourth-order valence-electron chi connectivity index (χ4n) is 0.474. The first-order valence-electron chi connectivity index (χ1n) is 2.64. The molecule has 0 aliphatic heterocycles. The quantitative estimate of drug-likeness (QED) is 0.436. The molecule has 0 heterocycles. The third kappa shape index (κ3) is 2.32. The minimum Gasteiger partial charge on any atom is -0.357 e. The number of rotatable bonds is 4. The molecule has 0 aromatic heterocycles. The van der Waals surface area contributed by atoms with Crippen molar-refractivity contribution in [2.75, 3.05) is 0 Å². The van der Waals surface area contributed by atoms with Gasteiger partial charge in [-0.25, -0.2) is 0 Å². The molecule has 14 heavy (non-hydrogen) atoms. The van der Waals surface area contributed by atoms with Crippen LogP contribution in [0.1, 0.15) is 0 Å². The van der Waals surface area contributed by atoms with Gasteiger partial charge in [0.25, 0.3) is 0 Å². The number of hydrogen-bond acceptors (Lipinski definition) is 9. The lowest BCUT2D eigenvalue weighted by Crippen LogP contribution is -2.27. The summed E-state index contributed by atoms with van der Waals surface area (Å²) >= 11 is 0. The Morgan fingerprint density at radius 1 is 0.929 bits per heavy atom. The van der Waals surface area contributed by atoms with Crippen LogP contribution < -0.4 is 0 Å². The topological polar surface area (TPSA) is 173 Å². The lowest BCUT2D eigenvalue weighted by atomic mass is 10.6. The van der Waals surface area contributed by atoms with E-state index < -0.39 is 31.6 Å². The summed E-state index contributed by atoms with van der Waals surface area (Å²) in [5.74, 6) is -4.21. The second-order valence-electron chi connectivity index (χ2n) is 1.71. The summed E-state index contributed by atoms with van der Waals surface area (Å²) in [6.45, 7) is 0. The molecule has 0 amide bonds. The number of nitrogens with zero attached hydrogens (tertiary/aromatic N) is 4. The number of nitro groups is 3. The van der Waals surface area contributed by atoms with Gasteiger partial charge in [0.1, 0.15) is 9.85 Å². The van der Waals surface area contributed by atoms with Gasteiger partial charge in [0.15, 0.2) is 0 Å². The molecule has 0 spiro atoms. The van der Waals surface area contributed by atoms with E-state index in [0.29, 0.717) is 0 Å². The maximum Gasteiger partial charge on any atom is 0.659 e. The van der Waals surface area contributed by atoms with Crippen molar-refractivity contribution in [3.63, 3.8) is 0 Å². The highest BCUT2D eigenvalue weighted by atomic mass is 16.8. The van der Waals surface area contributed by atoms with E-state index in [1.165, 1.54) is 0 Å². The van der Waals surface area contributed by atoms with E-state index in [0.717, 1.165) is 0 Å². The van der Waals surface area contributed by atoms with Gasteiger partial charge < -0.3 is 10.1 Å². The summed E-state index contributed by atoms with van der Waals surface area (Å²) in [4.78, 5) is 24.7. The number of hydroxylamine groups is 2. The molecule has 12 nitrogen and oxygen atoms in total. The van der Waals surface area contributed by atoms with E-state index in [1.54, 1.807) is 0 Å². The summed E-state index contributed by atoms with van der Waals surface area (Å²) in [6, 6.07) is 0. The van der Waals surface area contributed by atoms with E-state index in [9.17, 15) is 30.3 Å². The lowest BCUT2D eigenvalue weighted by Gasteiger charge is -1.98. The van der Waals surface area contributed by atoms with Crippen molar-refractivity contribution in [3.8, 4) is 0 Å². The van der Waals surface area contributed by atoms with Gasteiger partial charge in [-0.05, 0) is 4.92 Å². The van der Waals surface area contributed by atoms with Crippen molar-refractivity contribution in [1.82, 2.24) is 5.23 Å². The molecule has 0 saturated heterocycles. The molecule has 0 aromatic carbocycles. The molecule has 0 aromatic rings. The van der Waals surface area contributed by atoms with E-state index in [-0.39, 0.29) is 0 Å². The normalized spacial score (nSPS) is 9.00. The minimum atomic E-state index is -2.15. The molecule has 0 aliphatic carbocycles. The predicted molar refractivity (Wildman–Crippen MR) is 33.4 cm³/mol. The van der Waals surface area contributed by atoms with Crippen LogP contribution in [0.5, 0.6) is 0 Å². The van der Waals surface area contributed by atoms with Crippen molar-refractivity contribution in [3.05, 3.63) is 42.0 Å². The Morgan fingerprint density at radius 2 is 1.29 bits per heavy atom. The van der Waals surface area contributed by atoms with Gasteiger partial charge >= 0.3 is 11.6 Å². The zero-order chi connectivity index (χ0) is 11.5. The van der Waals surface area contributed by atoms with Crippen LogP contribution in [0.25, 0.3) is 0 Å². The van der Waals surface area contributed by atoms with Crippen molar-refractivity contribution >= 4 is 0 Å². The highest BCUT2D eigenvalue weighted by Crippen LogP contribution is 2.08. The summed E-state index contributed by atoms with van der Waals surface area (Å²) in [5.41, 5.74) is 0. The molecule has 0 atom stereocenters. The molecule has 0 radical (unpaired) electrons. The van der Waals surface area contributed by atoms with Gasteiger partial charge in [-0.2, -0.15) is 10.4 Å². The number of hydrogen-bond donors (Lipinski definition) is 2. The monoisotopic (exact) mass is 210 g/mol. The Balaban J connectivity index is 5.63. The third-order valence-corrected chi connectivity index (χ3v) is 0.908. The lowest BCUT2D eigenvalue weighted by molar-refractivity contribution is -0.641. The molecule has 2 N–H and O–H groups in total. The summed E-state index contributed by atoms with van der Waals surface area (Å²) in [6.07, 6.45) is 0. The second kappa shape index (κ2) is 4.06. The van der Waals surface area contributed by atoms with E-state index in [4.69, 9.17) is 10.4 Å². The van der Waals surface area contributed by atoms with E-state index >= 15 is 0 Å². The van der Waals surface area contributed by atoms with Crippen molar-refractivity contribution < 1.29 is 25.2 Å². The maximum atomic E-state index is 9.97. The van der Waals surface area contributed by atoms with Crippen LogP contribution in [0.2, 0.25) is 0 Å². The largest absolute Gasteiger partial charge is 0.659 e. The van der Waals surface area contributed by atoms with Gasteiger partial charge in [0.05, 0.1) is 5.23 Å². The molecule has 78 valence electrons. The van der Waals surface area contributed by atoms with Gasteiger partial charge in [-0.3, -0.25) is 20.2 Å². The Labute approximate surface area is 73.6 Å². The molecule has 0 unspecified atom stereocenters. The Bertz CT molecular complexity index is 301. The van der Waals surface area contributed by atoms with E-state index in [2.05, 4.69) is 0 Å². The van der Waals surface area contributed by atoms with Crippen molar-refractivity contribution in [1.29, 1.82) is 0 Å². The fraction of sp³-hybridized carbons (Fsp3) is 0. The van der Waals surface area contributed by atoms with Gasteiger partial charge in [0.2, 0.25) is 0 Å². The third-order valence-electron chi connectivity index (χ3n) is 0.908. The SMILES string of the molecule is O=[N+]([O-])C(=C([N+](=O)[O-])[N+](=O)[O-])N(O)O. The van der Waals surface area contributed by atoms with Crippen LogP contribution in [0.3, 0.4) is 0 Å². The zero-order valence-electron chi connectivity index (χ0n) is 6.13. The van der Waals surface area contributed by atoms with Crippen molar-refractivity contribution in [2.45, 2.75) is 0 Å². The molecular formula is C2H2N4O8. The van der Waals surface area contributed by atoms with Crippen LogP contribution in [0.4, 0.5) is 0 Å². The zero-order valence-corrected chi connectivity index (χ0v) is 6.13. The molecule has 12 heteroatoms. The Hall–Kier alpha value is -2.34. The first-order chi connectivity index (χ1) is 6.29. The first kappa shape index (κ1) is 11.7. The Kier molecular flexibility index (Phi) is 3.38. The predicted octanol–water partition coefficient (Wildman–Crippen LogP) is -0.977. The van der Waals surface area contributed by atoms with Crippen LogP contribution in [0, 0.1) is 30.3 Å². The van der Waals surface area contributed by atoms with E-state index in [1.807, 2.05) is 0 Å². The highest BCUT2D eigenvalue weighted by molar-refractivity contribution is 4.85. The molecule has 0 aliphatic rings. The molecule has 0 bridgehead atoms. The van der Waals surface area contributed by atoms with Crippen LogP contribution >= 0.6 is 0 Å². The highest BCUT2D eigenvalue weighted by Gasteiger charge is 2.45. The first-order valence-corrected chi connectivity index (χ1v) is 2.64. The van der Waals surface area contributed by atoms with Crippen LogP contribution in [-0.2, 0) is 0 Å². The Morgan fingerprint density at radius 3 is 1.36 bits per heavy atom. The average molecular weight is 210 g/mol. The second-order valence-corrected chi connectivity index (χ2v) is 1.71. The maximum absolute atomic E-state index is 9.97. The van der Waals surface area contributed by atoms with Gasteiger partial charge in [-0.15, -0.1) is 0 Å². The smallest absolute Gasteiger partial charge is 0.357 e. The summed E-state index contributed by atoms with van der Waals surface area (Å²) < 4.78 is 0. The van der Waals surface area contributed by atoms with Gasteiger partial charge in [-0.1, -0.05) is 0 Å². The molecular weight excluding hydrogens is 208 g/mol. The van der Waals surface area contributed by atoms with Crippen LogP contribution in [0.15, 0.2) is 11.6 Å². The summed E-state index contributed by atoms with van der Waals surface area (Å²) in [5, 5.41) is 44.8. The molecule has 0 rings (SSSR count). The van der Waals surface area contributed by atoms with Gasteiger partial charge in [0, 0.05) is 0 Å². The summed E-state index contributed by atoms with van der Waals surface area (Å²) in [7, 11) is 0. The fourth-order valence-corrected chi connectivity index (χ4v) is 0.474. The standard InChI is InChI=1S/C2H2N4O8/c7-3(8)1(4(9)10)2(5(11)12)6(13)14/h7-8H.